The van der Waals surface area contributed by atoms with E-state index >= 15 is 0 Å². The van der Waals surface area contributed by atoms with E-state index in [1.165, 1.54) is 16.2 Å². The van der Waals surface area contributed by atoms with E-state index in [1.807, 2.05) is 18.2 Å². The van der Waals surface area contributed by atoms with E-state index in [1.54, 1.807) is 7.05 Å². The van der Waals surface area contributed by atoms with Crippen LogP contribution in [0.3, 0.4) is 0 Å². The fraction of sp³-hybridized carbons (Fsp3) is 0.200. The molecule has 0 saturated heterocycles. The van der Waals surface area contributed by atoms with Crippen LogP contribution >= 0.6 is 0 Å². The van der Waals surface area contributed by atoms with Crippen molar-refractivity contribution < 1.29 is 5.21 Å². The summed E-state index contributed by atoms with van der Waals surface area (Å²) in [4.78, 5) is 0. The van der Waals surface area contributed by atoms with Crippen molar-refractivity contribution in [1.82, 2.24) is 5.06 Å². The van der Waals surface area contributed by atoms with Gasteiger partial charge in [-0.05, 0) is 17.2 Å². The number of fused-ring (bicyclic) bond motifs is 1. The topological polar surface area (TPSA) is 23.5 Å². The van der Waals surface area contributed by atoms with Gasteiger partial charge >= 0.3 is 0 Å². The lowest BCUT2D eigenvalue weighted by Gasteiger charge is -2.10. The molecule has 1 aromatic rings. The summed E-state index contributed by atoms with van der Waals surface area (Å²) in [6, 6.07) is 8.18. The third kappa shape index (κ3) is 1.10. The number of allylic oxidation sites excluding steroid dienone is 1. The predicted octanol–water partition coefficient (Wildman–Crippen LogP) is 1.90. The second-order valence-electron chi connectivity index (χ2n) is 3.03. The van der Waals surface area contributed by atoms with Gasteiger partial charge in [0, 0.05) is 19.2 Å². The van der Waals surface area contributed by atoms with Crippen molar-refractivity contribution in [3.8, 4) is 0 Å². The molecule has 0 unspecified atom stereocenters. The summed E-state index contributed by atoms with van der Waals surface area (Å²) < 4.78 is 0. The summed E-state index contributed by atoms with van der Waals surface area (Å²) in [7, 11) is 1.65. The lowest BCUT2D eigenvalue weighted by Crippen LogP contribution is -2.11. The van der Waals surface area contributed by atoms with Crippen LogP contribution in [-0.2, 0) is 6.42 Å². The van der Waals surface area contributed by atoms with Crippen LogP contribution in [0.15, 0.2) is 30.0 Å². The van der Waals surface area contributed by atoms with Gasteiger partial charge < -0.3 is 0 Å². The Labute approximate surface area is 71.7 Å². The van der Waals surface area contributed by atoms with E-state index < -0.39 is 0 Å². The maximum Gasteiger partial charge on any atom is 0.0454 e. The van der Waals surface area contributed by atoms with Gasteiger partial charge in [0.2, 0.25) is 0 Å². The average Bonchev–Trinajstić information content (AvgIpc) is 2.46. The number of benzene rings is 1. The molecule has 1 aromatic carbocycles. The van der Waals surface area contributed by atoms with Gasteiger partial charge in [-0.1, -0.05) is 24.3 Å². The van der Waals surface area contributed by atoms with Crippen molar-refractivity contribution in [3.05, 3.63) is 41.1 Å². The normalized spacial score (nSPS) is 14.0. The molecule has 62 valence electrons. The quantitative estimate of drug-likeness (QED) is 0.636. The number of hydrogen-bond donors (Lipinski definition) is 1. The Hall–Kier alpha value is -1.28. The summed E-state index contributed by atoms with van der Waals surface area (Å²) in [5.41, 5.74) is 3.46. The largest absolute Gasteiger partial charge is 0.289 e. The molecule has 2 rings (SSSR count). The number of hydrogen-bond acceptors (Lipinski definition) is 2. The third-order valence-electron chi connectivity index (χ3n) is 2.16. The minimum absolute atomic E-state index is 0.836. The van der Waals surface area contributed by atoms with E-state index in [4.69, 9.17) is 0 Å². The molecule has 12 heavy (non-hydrogen) atoms. The molecular weight excluding hydrogens is 150 g/mol. The molecule has 0 spiro atoms. The van der Waals surface area contributed by atoms with Crippen LogP contribution in [0.2, 0.25) is 0 Å². The fourth-order valence-corrected chi connectivity index (χ4v) is 1.47. The Morgan fingerprint density at radius 3 is 2.75 bits per heavy atom. The third-order valence-corrected chi connectivity index (χ3v) is 2.16. The van der Waals surface area contributed by atoms with Gasteiger partial charge in [-0.2, -0.15) is 0 Å². The zero-order chi connectivity index (χ0) is 8.55. The Morgan fingerprint density at radius 2 is 2.08 bits per heavy atom. The van der Waals surface area contributed by atoms with Crippen LogP contribution in [0.1, 0.15) is 11.1 Å². The lowest BCUT2D eigenvalue weighted by molar-refractivity contribution is -0.0284. The minimum atomic E-state index is 0.836. The van der Waals surface area contributed by atoms with E-state index in [0.29, 0.717) is 0 Å². The molecule has 0 atom stereocenters. The van der Waals surface area contributed by atoms with Crippen molar-refractivity contribution in [2.75, 3.05) is 7.05 Å². The first-order valence-corrected chi connectivity index (χ1v) is 3.98. The SMILES string of the molecule is CN(O)C1=Cc2ccccc2C1. The molecule has 2 heteroatoms. The van der Waals surface area contributed by atoms with Gasteiger partial charge in [-0.15, -0.1) is 0 Å². The highest BCUT2D eigenvalue weighted by molar-refractivity contribution is 5.62. The first-order valence-electron chi connectivity index (χ1n) is 3.98. The predicted molar refractivity (Wildman–Crippen MR) is 47.7 cm³/mol. The monoisotopic (exact) mass is 161 g/mol. The van der Waals surface area contributed by atoms with Gasteiger partial charge in [-0.3, -0.25) is 10.3 Å². The van der Waals surface area contributed by atoms with Crippen molar-refractivity contribution in [3.63, 3.8) is 0 Å². The average molecular weight is 161 g/mol. The van der Waals surface area contributed by atoms with Gasteiger partial charge in [0.25, 0.3) is 0 Å². The Morgan fingerprint density at radius 1 is 1.33 bits per heavy atom. The van der Waals surface area contributed by atoms with E-state index in [2.05, 4.69) is 12.1 Å². The van der Waals surface area contributed by atoms with Crippen LogP contribution in [0.5, 0.6) is 0 Å². The molecule has 0 amide bonds. The minimum Gasteiger partial charge on any atom is -0.289 e. The molecule has 0 bridgehead atoms. The summed E-state index contributed by atoms with van der Waals surface area (Å²) in [5, 5.41) is 10.4. The van der Waals surface area contributed by atoms with Gasteiger partial charge in [-0.25, -0.2) is 0 Å². The molecule has 0 saturated carbocycles. The van der Waals surface area contributed by atoms with E-state index in [0.717, 1.165) is 12.1 Å². The molecular formula is C10H11NO. The molecule has 1 aliphatic rings. The number of rotatable bonds is 1. The molecule has 0 aliphatic heterocycles. The molecule has 0 radical (unpaired) electrons. The zero-order valence-electron chi connectivity index (χ0n) is 6.99. The Bertz CT molecular complexity index is 328. The number of hydroxylamine groups is 2. The van der Waals surface area contributed by atoms with Crippen LogP contribution in [0.4, 0.5) is 0 Å². The first-order chi connectivity index (χ1) is 5.77. The molecule has 1 N–H and O–H groups in total. The highest BCUT2D eigenvalue weighted by atomic mass is 16.5. The van der Waals surface area contributed by atoms with Crippen molar-refractivity contribution in [2.24, 2.45) is 0 Å². The number of nitrogens with zero attached hydrogens (tertiary/aromatic N) is 1. The zero-order valence-corrected chi connectivity index (χ0v) is 6.99. The van der Waals surface area contributed by atoms with Gasteiger partial charge in [0.1, 0.15) is 0 Å². The van der Waals surface area contributed by atoms with Crippen LogP contribution < -0.4 is 0 Å². The summed E-state index contributed by atoms with van der Waals surface area (Å²) in [6.07, 6.45) is 2.85. The fourth-order valence-electron chi connectivity index (χ4n) is 1.47. The number of likely N-dealkylation sites (N-methyl/N-ethyl adjacent to an activating group) is 1. The van der Waals surface area contributed by atoms with Crippen molar-refractivity contribution in [2.45, 2.75) is 6.42 Å². The summed E-state index contributed by atoms with van der Waals surface area (Å²) in [5.74, 6) is 0. The standard InChI is InChI=1S/C10H11NO/c1-11(12)10-6-8-4-2-3-5-9(8)7-10/h2-6,12H,7H2,1H3. The molecule has 0 fully saturated rings. The Kier molecular flexibility index (Phi) is 1.62. The molecule has 0 heterocycles. The van der Waals surface area contributed by atoms with Gasteiger partial charge in [0.15, 0.2) is 0 Å². The lowest BCUT2D eigenvalue weighted by atomic mass is 10.1. The molecule has 1 aliphatic carbocycles. The van der Waals surface area contributed by atoms with Gasteiger partial charge in [0.05, 0.1) is 0 Å². The highest BCUT2D eigenvalue weighted by Gasteiger charge is 2.13. The van der Waals surface area contributed by atoms with Crippen LogP contribution in [0, 0.1) is 0 Å². The second-order valence-corrected chi connectivity index (χ2v) is 3.03. The highest BCUT2D eigenvalue weighted by Crippen LogP contribution is 2.24. The summed E-state index contributed by atoms with van der Waals surface area (Å²) >= 11 is 0. The smallest absolute Gasteiger partial charge is 0.0454 e. The first kappa shape index (κ1) is 7.37. The van der Waals surface area contributed by atoms with Crippen LogP contribution in [0.25, 0.3) is 6.08 Å². The maximum atomic E-state index is 9.19. The second kappa shape index (κ2) is 2.64. The van der Waals surface area contributed by atoms with Crippen molar-refractivity contribution >= 4 is 6.08 Å². The van der Waals surface area contributed by atoms with Crippen LogP contribution in [-0.4, -0.2) is 17.3 Å². The molecule has 0 aromatic heterocycles. The Balaban J connectivity index is 2.35. The molecule has 2 nitrogen and oxygen atoms in total. The maximum absolute atomic E-state index is 9.19. The summed E-state index contributed by atoms with van der Waals surface area (Å²) in [6.45, 7) is 0. The van der Waals surface area contributed by atoms with E-state index in [-0.39, 0.29) is 0 Å². The van der Waals surface area contributed by atoms with E-state index in [9.17, 15) is 5.21 Å². The van der Waals surface area contributed by atoms with Crippen molar-refractivity contribution in [1.29, 1.82) is 0 Å².